The lowest BCUT2D eigenvalue weighted by Crippen LogP contribution is -2.50. The molecule has 6 heteroatoms. The van der Waals surface area contributed by atoms with Gasteiger partial charge in [0.2, 0.25) is 5.91 Å². The van der Waals surface area contributed by atoms with E-state index in [0.717, 1.165) is 12.8 Å². The van der Waals surface area contributed by atoms with E-state index in [0.29, 0.717) is 6.54 Å². The fourth-order valence-corrected chi connectivity index (χ4v) is 4.20. The van der Waals surface area contributed by atoms with Crippen molar-refractivity contribution in [2.75, 3.05) is 13.6 Å². The molecule has 0 spiro atoms. The first-order valence-corrected chi connectivity index (χ1v) is 9.02. The van der Waals surface area contributed by atoms with Gasteiger partial charge in [0, 0.05) is 23.3 Å². The number of rotatable bonds is 4. The molecular weight excluding hydrogens is 310 g/mol. The molecule has 2 N–H and O–H groups in total. The van der Waals surface area contributed by atoms with Crippen LogP contribution in [0.5, 0.6) is 0 Å². The van der Waals surface area contributed by atoms with Gasteiger partial charge in [0.25, 0.3) is 0 Å². The summed E-state index contributed by atoms with van der Waals surface area (Å²) in [4.78, 5) is 28.8. The Morgan fingerprint density at radius 3 is 2.57 bits per heavy atom. The summed E-state index contributed by atoms with van der Waals surface area (Å²) in [6.45, 7) is 9.03. The Balaban J connectivity index is 2.15. The van der Waals surface area contributed by atoms with Crippen LogP contribution < -0.4 is 10.6 Å². The maximum absolute atomic E-state index is 12.7. The van der Waals surface area contributed by atoms with Crippen LogP contribution in [0.2, 0.25) is 0 Å². The van der Waals surface area contributed by atoms with Gasteiger partial charge in [-0.2, -0.15) is 0 Å². The van der Waals surface area contributed by atoms with E-state index in [1.54, 1.807) is 23.3 Å². The van der Waals surface area contributed by atoms with Crippen LogP contribution in [0.1, 0.15) is 48.0 Å². The van der Waals surface area contributed by atoms with Crippen molar-refractivity contribution in [1.29, 1.82) is 0 Å². The zero-order valence-electron chi connectivity index (χ0n) is 14.6. The minimum Gasteiger partial charge on any atom is -0.357 e. The van der Waals surface area contributed by atoms with Gasteiger partial charge in [-0.25, -0.2) is 4.79 Å². The Kier molecular flexibility index (Phi) is 5.68. The summed E-state index contributed by atoms with van der Waals surface area (Å²) in [5.74, 6) is 0.203. The van der Waals surface area contributed by atoms with Gasteiger partial charge < -0.3 is 15.5 Å². The van der Waals surface area contributed by atoms with E-state index < -0.39 is 0 Å². The molecule has 128 valence electrons. The van der Waals surface area contributed by atoms with Crippen LogP contribution in [-0.2, 0) is 4.79 Å². The highest BCUT2D eigenvalue weighted by molar-refractivity contribution is 7.12. The number of thiophene rings is 1. The third-order valence-electron chi connectivity index (χ3n) is 4.42. The van der Waals surface area contributed by atoms with E-state index in [1.807, 2.05) is 0 Å². The summed E-state index contributed by atoms with van der Waals surface area (Å²) >= 11 is 1.75. The molecule has 1 aromatic rings. The van der Waals surface area contributed by atoms with E-state index in [2.05, 4.69) is 44.4 Å². The van der Waals surface area contributed by atoms with Gasteiger partial charge in [0.1, 0.15) is 6.04 Å². The fraction of sp³-hybridized carbons (Fsp3) is 0.647. The van der Waals surface area contributed by atoms with Crippen molar-refractivity contribution in [3.8, 4) is 0 Å². The van der Waals surface area contributed by atoms with Gasteiger partial charge in [0.05, 0.1) is 6.04 Å². The Morgan fingerprint density at radius 1 is 1.35 bits per heavy atom. The van der Waals surface area contributed by atoms with Gasteiger partial charge in [-0.15, -0.1) is 11.3 Å². The summed E-state index contributed by atoms with van der Waals surface area (Å²) in [6, 6.07) is 1.64. The molecule has 23 heavy (non-hydrogen) atoms. The number of urea groups is 1. The monoisotopic (exact) mass is 337 g/mol. The molecule has 1 fully saturated rings. The third kappa shape index (κ3) is 3.86. The predicted molar refractivity (Wildman–Crippen MR) is 93.7 cm³/mol. The van der Waals surface area contributed by atoms with Gasteiger partial charge in [-0.3, -0.25) is 4.79 Å². The normalized spacial score (nSPS) is 19.0. The first-order chi connectivity index (χ1) is 10.8. The van der Waals surface area contributed by atoms with Crippen LogP contribution in [0.25, 0.3) is 0 Å². The summed E-state index contributed by atoms with van der Waals surface area (Å²) in [7, 11) is 1.62. The molecule has 5 nitrogen and oxygen atoms in total. The van der Waals surface area contributed by atoms with Gasteiger partial charge >= 0.3 is 6.03 Å². The summed E-state index contributed by atoms with van der Waals surface area (Å²) in [5, 5.41) is 5.80. The predicted octanol–water partition coefficient (Wildman–Crippen LogP) is 2.98. The number of carbonyl (C=O) groups excluding carboxylic acids is 2. The number of hydrogen-bond donors (Lipinski definition) is 2. The lowest BCUT2D eigenvalue weighted by molar-refractivity contribution is -0.124. The minimum atomic E-state index is -0.349. The largest absolute Gasteiger partial charge is 0.357 e. The van der Waals surface area contributed by atoms with Crippen molar-refractivity contribution in [1.82, 2.24) is 15.5 Å². The zero-order valence-corrected chi connectivity index (χ0v) is 15.4. The van der Waals surface area contributed by atoms with Crippen LogP contribution in [0.4, 0.5) is 4.79 Å². The molecule has 0 radical (unpaired) electrons. The molecule has 1 aliphatic rings. The van der Waals surface area contributed by atoms with Crippen molar-refractivity contribution in [3.05, 3.63) is 21.4 Å². The molecule has 1 saturated heterocycles. The van der Waals surface area contributed by atoms with Crippen LogP contribution in [0.3, 0.4) is 0 Å². The summed E-state index contributed by atoms with van der Waals surface area (Å²) < 4.78 is 0. The van der Waals surface area contributed by atoms with Gasteiger partial charge in [-0.05, 0) is 44.2 Å². The van der Waals surface area contributed by atoms with Crippen LogP contribution in [-0.4, -0.2) is 36.5 Å². The van der Waals surface area contributed by atoms with E-state index in [-0.39, 0.29) is 29.9 Å². The van der Waals surface area contributed by atoms with Crippen LogP contribution in [0.15, 0.2) is 6.07 Å². The van der Waals surface area contributed by atoms with E-state index >= 15 is 0 Å². The Hall–Kier alpha value is -1.56. The smallest absolute Gasteiger partial charge is 0.318 e. The Bertz CT molecular complexity index is 582. The highest BCUT2D eigenvalue weighted by Gasteiger charge is 2.35. The molecule has 3 amide bonds. The number of aryl methyl sites for hydroxylation is 2. The molecular formula is C17H27N3O2S. The lowest BCUT2D eigenvalue weighted by atomic mass is 9.96. The second-order valence-corrected chi connectivity index (χ2v) is 7.97. The number of nitrogens with zero attached hydrogens (tertiary/aromatic N) is 1. The Morgan fingerprint density at radius 2 is 2.04 bits per heavy atom. The third-order valence-corrected chi connectivity index (χ3v) is 5.40. The SMILES string of the molecule is CNC(=O)[C@H]1CCCN1C(=O)N[C@@H](c1cc(C)sc1C)C(C)C. The van der Waals surface area contributed by atoms with E-state index in [1.165, 1.54) is 15.3 Å². The zero-order chi connectivity index (χ0) is 17.1. The Labute approximate surface area is 142 Å². The summed E-state index contributed by atoms with van der Waals surface area (Å²) in [6.07, 6.45) is 1.60. The maximum Gasteiger partial charge on any atom is 0.318 e. The standard InChI is InChI=1S/C17H27N3O2S/c1-10(2)15(13-9-11(3)23-12(13)4)19-17(22)20-8-6-7-14(20)16(21)18-5/h9-10,14-15H,6-8H2,1-5H3,(H,18,21)(H,19,22)/t14-,15-/m1/s1. The number of amides is 3. The average Bonchev–Trinajstić information content (AvgIpc) is 3.10. The van der Waals surface area contributed by atoms with E-state index in [9.17, 15) is 9.59 Å². The number of hydrogen-bond acceptors (Lipinski definition) is 3. The van der Waals surface area contributed by atoms with E-state index in [4.69, 9.17) is 0 Å². The van der Waals surface area contributed by atoms with Crippen molar-refractivity contribution in [2.24, 2.45) is 5.92 Å². The molecule has 1 aliphatic heterocycles. The van der Waals surface area contributed by atoms with Crippen molar-refractivity contribution in [3.63, 3.8) is 0 Å². The molecule has 0 unspecified atom stereocenters. The number of likely N-dealkylation sites (N-methyl/N-ethyl adjacent to an activating group) is 1. The number of carbonyl (C=O) groups is 2. The molecule has 0 saturated carbocycles. The van der Waals surface area contributed by atoms with Gasteiger partial charge in [0.15, 0.2) is 0 Å². The molecule has 0 aliphatic carbocycles. The van der Waals surface area contributed by atoms with Crippen molar-refractivity contribution >= 4 is 23.3 Å². The number of likely N-dealkylation sites (tertiary alicyclic amines) is 1. The first kappa shape index (κ1) is 17.8. The second-order valence-electron chi connectivity index (χ2n) is 6.51. The van der Waals surface area contributed by atoms with Crippen molar-refractivity contribution < 1.29 is 9.59 Å². The molecule has 0 bridgehead atoms. The summed E-state index contributed by atoms with van der Waals surface area (Å²) in [5.41, 5.74) is 1.19. The first-order valence-electron chi connectivity index (χ1n) is 8.20. The lowest BCUT2D eigenvalue weighted by Gasteiger charge is -2.29. The molecule has 2 rings (SSSR count). The highest BCUT2D eigenvalue weighted by Crippen LogP contribution is 2.31. The fourth-order valence-electron chi connectivity index (χ4n) is 3.23. The maximum atomic E-state index is 12.7. The molecule has 1 aromatic heterocycles. The molecule has 2 heterocycles. The molecule has 0 aromatic carbocycles. The van der Waals surface area contributed by atoms with Crippen molar-refractivity contribution in [2.45, 2.75) is 52.6 Å². The quantitative estimate of drug-likeness (QED) is 0.887. The highest BCUT2D eigenvalue weighted by atomic mass is 32.1. The molecule has 2 atom stereocenters. The van der Waals surface area contributed by atoms with Crippen LogP contribution in [0, 0.1) is 19.8 Å². The minimum absolute atomic E-state index is 0.0293. The van der Waals surface area contributed by atoms with Gasteiger partial charge in [-0.1, -0.05) is 13.8 Å². The topological polar surface area (TPSA) is 61.4 Å². The van der Waals surface area contributed by atoms with Crippen LogP contribution >= 0.6 is 11.3 Å². The average molecular weight is 337 g/mol. The number of nitrogens with one attached hydrogen (secondary N) is 2. The second kappa shape index (κ2) is 7.34.